The number of aryl methyl sites for hydroxylation is 2. The smallest absolute Gasteiger partial charge is 0.358 e. The lowest BCUT2D eigenvalue weighted by atomic mass is 10.2. The SMILES string of the molecule is Cc1[nH]ncc1CNC(=O)CCn1cnc([N+](=O)[O-])c1. The molecule has 0 aliphatic rings. The average Bonchev–Trinajstić information content (AvgIpc) is 3.03. The van der Waals surface area contributed by atoms with Gasteiger partial charge in [-0.25, -0.2) is 0 Å². The fourth-order valence-corrected chi connectivity index (χ4v) is 1.63. The highest BCUT2D eigenvalue weighted by Crippen LogP contribution is 2.06. The van der Waals surface area contributed by atoms with Crippen molar-refractivity contribution in [3.05, 3.63) is 40.1 Å². The molecule has 20 heavy (non-hydrogen) atoms. The molecule has 0 saturated carbocycles. The van der Waals surface area contributed by atoms with Crippen LogP contribution in [0.3, 0.4) is 0 Å². The number of carbonyl (C=O) groups is 1. The maximum atomic E-state index is 11.7. The molecule has 2 heterocycles. The third kappa shape index (κ3) is 3.40. The number of imidazole rings is 1. The average molecular weight is 278 g/mol. The monoisotopic (exact) mass is 278 g/mol. The quantitative estimate of drug-likeness (QED) is 0.590. The fraction of sp³-hybridized carbons (Fsp3) is 0.364. The van der Waals surface area contributed by atoms with Crippen LogP contribution < -0.4 is 5.32 Å². The topological polar surface area (TPSA) is 119 Å². The third-order valence-electron chi connectivity index (χ3n) is 2.81. The minimum absolute atomic E-state index is 0.137. The summed E-state index contributed by atoms with van der Waals surface area (Å²) in [6.07, 6.45) is 4.53. The number of amides is 1. The molecule has 1 amide bonds. The van der Waals surface area contributed by atoms with Crippen molar-refractivity contribution >= 4 is 11.7 Å². The van der Waals surface area contributed by atoms with Crippen molar-refractivity contribution in [3.8, 4) is 0 Å². The Morgan fingerprint density at radius 2 is 2.40 bits per heavy atom. The molecule has 2 aromatic rings. The third-order valence-corrected chi connectivity index (χ3v) is 2.81. The van der Waals surface area contributed by atoms with Crippen LogP contribution in [-0.2, 0) is 17.9 Å². The highest BCUT2D eigenvalue weighted by atomic mass is 16.6. The number of aromatic nitrogens is 4. The molecular formula is C11H14N6O3. The second-order valence-corrected chi connectivity index (χ2v) is 4.27. The molecule has 0 radical (unpaired) electrons. The summed E-state index contributed by atoms with van der Waals surface area (Å²) >= 11 is 0. The van der Waals surface area contributed by atoms with E-state index in [9.17, 15) is 14.9 Å². The van der Waals surface area contributed by atoms with Crippen LogP contribution in [0.25, 0.3) is 0 Å². The number of aromatic amines is 1. The Morgan fingerprint density at radius 1 is 1.60 bits per heavy atom. The van der Waals surface area contributed by atoms with Crippen LogP contribution in [0.4, 0.5) is 5.82 Å². The second-order valence-electron chi connectivity index (χ2n) is 4.27. The van der Waals surface area contributed by atoms with E-state index in [0.717, 1.165) is 11.3 Å². The highest BCUT2D eigenvalue weighted by molar-refractivity contribution is 5.75. The molecule has 2 rings (SSSR count). The van der Waals surface area contributed by atoms with Gasteiger partial charge >= 0.3 is 5.82 Å². The first-order valence-corrected chi connectivity index (χ1v) is 5.98. The molecule has 0 bridgehead atoms. The Labute approximate surface area is 114 Å². The van der Waals surface area contributed by atoms with Crippen molar-refractivity contribution in [1.82, 2.24) is 25.1 Å². The Bertz CT molecular complexity index is 617. The lowest BCUT2D eigenvalue weighted by molar-refractivity contribution is -0.389. The van der Waals surface area contributed by atoms with E-state index in [2.05, 4.69) is 20.5 Å². The van der Waals surface area contributed by atoms with Gasteiger partial charge in [-0.15, -0.1) is 0 Å². The second kappa shape index (κ2) is 5.95. The number of hydrogen-bond donors (Lipinski definition) is 2. The van der Waals surface area contributed by atoms with Crippen LogP contribution in [0.15, 0.2) is 18.7 Å². The van der Waals surface area contributed by atoms with Crippen molar-refractivity contribution in [2.45, 2.75) is 26.4 Å². The Balaban J connectivity index is 1.77. The molecule has 0 fully saturated rings. The summed E-state index contributed by atoms with van der Waals surface area (Å²) in [7, 11) is 0. The summed E-state index contributed by atoms with van der Waals surface area (Å²) in [6.45, 7) is 2.63. The minimum atomic E-state index is -0.571. The molecule has 9 nitrogen and oxygen atoms in total. The molecule has 0 spiro atoms. The molecule has 0 aliphatic carbocycles. The Kier molecular flexibility index (Phi) is 4.08. The van der Waals surface area contributed by atoms with Crippen molar-refractivity contribution in [3.63, 3.8) is 0 Å². The van der Waals surface area contributed by atoms with E-state index in [1.807, 2.05) is 6.92 Å². The van der Waals surface area contributed by atoms with Gasteiger partial charge in [0.15, 0.2) is 0 Å². The Morgan fingerprint density at radius 3 is 3.00 bits per heavy atom. The zero-order valence-electron chi connectivity index (χ0n) is 10.9. The van der Waals surface area contributed by atoms with E-state index in [1.54, 1.807) is 6.20 Å². The van der Waals surface area contributed by atoms with Gasteiger partial charge in [-0.2, -0.15) is 5.10 Å². The van der Waals surface area contributed by atoms with Crippen LogP contribution in [0.2, 0.25) is 0 Å². The van der Waals surface area contributed by atoms with Crippen LogP contribution in [-0.4, -0.2) is 30.6 Å². The van der Waals surface area contributed by atoms with Crippen molar-refractivity contribution in [1.29, 1.82) is 0 Å². The van der Waals surface area contributed by atoms with Crippen LogP contribution >= 0.6 is 0 Å². The predicted octanol–water partition coefficient (Wildman–Crippen LogP) is 0.529. The summed E-state index contributed by atoms with van der Waals surface area (Å²) < 4.78 is 1.51. The molecule has 0 aromatic carbocycles. The molecule has 2 aromatic heterocycles. The molecule has 0 aliphatic heterocycles. The van der Waals surface area contributed by atoms with Gasteiger partial charge in [-0.3, -0.25) is 9.89 Å². The number of H-pyrrole nitrogens is 1. The summed E-state index contributed by atoms with van der Waals surface area (Å²) in [6, 6.07) is 0. The fourth-order valence-electron chi connectivity index (χ4n) is 1.63. The maximum absolute atomic E-state index is 11.7. The zero-order chi connectivity index (χ0) is 14.5. The van der Waals surface area contributed by atoms with Gasteiger partial charge in [0.25, 0.3) is 0 Å². The number of nitrogens with zero attached hydrogens (tertiary/aromatic N) is 4. The summed E-state index contributed by atoms with van der Waals surface area (Å²) in [5, 5.41) is 19.9. The predicted molar refractivity (Wildman–Crippen MR) is 68.7 cm³/mol. The number of nitrogens with one attached hydrogen (secondary N) is 2. The first-order chi connectivity index (χ1) is 9.56. The number of carbonyl (C=O) groups excluding carboxylic acids is 1. The van der Waals surface area contributed by atoms with Gasteiger partial charge in [-0.1, -0.05) is 0 Å². The largest absolute Gasteiger partial charge is 0.381 e. The van der Waals surface area contributed by atoms with Gasteiger partial charge in [0.05, 0.1) is 6.20 Å². The normalized spacial score (nSPS) is 10.4. The zero-order valence-corrected chi connectivity index (χ0v) is 10.9. The van der Waals surface area contributed by atoms with Gasteiger partial charge in [0.1, 0.15) is 6.20 Å². The van der Waals surface area contributed by atoms with Crippen molar-refractivity contribution in [2.24, 2.45) is 0 Å². The van der Waals surface area contributed by atoms with Gasteiger partial charge < -0.3 is 20.0 Å². The maximum Gasteiger partial charge on any atom is 0.381 e. The van der Waals surface area contributed by atoms with E-state index >= 15 is 0 Å². The van der Waals surface area contributed by atoms with Gasteiger partial charge in [0, 0.05) is 30.8 Å². The molecule has 0 saturated heterocycles. The van der Waals surface area contributed by atoms with E-state index in [4.69, 9.17) is 0 Å². The Hall–Kier alpha value is -2.71. The molecule has 2 N–H and O–H groups in total. The van der Waals surface area contributed by atoms with Crippen molar-refractivity contribution in [2.75, 3.05) is 0 Å². The van der Waals surface area contributed by atoms with Crippen molar-refractivity contribution < 1.29 is 9.72 Å². The van der Waals surface area contributed by atoms with Crippen LogP contribution in [0.1, 0.15) is 17.7 Å². The van der Waals surface area contributed by atoms with E-state index in [1.165, 1.54) is 17.1 Å². The first-order valence-electron chi connectivity index (χ1n) is 5.98. The summed E-state index contributed by atoms with van der Waals surface area (Å²) in [5.41, 5.74) is 1.84. The molecule has 9 heteroatoms. The highest BCUT2D eigenvalue weighted by Gasteiger charge is 2.10. The molecule has 106 valence electrons. The lowest BCUT2D eigenvalue weighted by Crippen LogP contribution is -2.23. The van der Waals surface area contributed by atoms with Crippen LogP contribution in [0, 0.1) is 17.0 Å². The van der Waals surface area contributed by atoms with E-state index in [-0.39, 0.29) is 18.1 Å². The minimum Gasteiger partial charge on any atom is -0.358 e. The number of hydrogen-bond acceptors (Lipinski definition) is 5. The molecular weight excluding hydrogens is 264 g/mol. The lowest BCUT2D eigenvalue weighted by Gasteiger charge is -2.04. The number of rotatable bonds is 6. The van der Waals surface area contributed by atoms with Crippen LogP contribution in [0.5, 0.6) is 0 Å². The van der Waals surface area contributed by atoms with E-state index in [0.29, 0.717) is 13.1 Å². The molecule has 0 unspecified atom stereocenters. The first kappa shape index (κ1) is 13.7. The summed E-state index contributed by atoms with van der Waals surface area (Å²) in [5.74, 6) is -0.360. The number of nitro groups is 1. The van der Waals surface area contributed by atoms with E-state index < -0.39 is 4.92 Å². The van der Waals surface area contributed by atoms with Gasteiger partial charge in [-0.05, 0) is 16.8 Å². The molecule has 0 atom stereocenters. The summed E-state index contributed by atoms with van der Waals surface area (Å²) in [4.78, 5) is 25.2. The standard InChI is InChI=1S/C11H14N6O3/c1-8-9(5-14-15-8)4-12-11(18)2-3-16-6-10(13-7-16)17(19)20/h5-7H,2-4H2,1H3,(H,12,18)(H,14,15). The van der Waals surface area contributed by atoms with Gasteiger partial charge in [0.2, 0.25) is 12.2 Å².